The Kier molecular flexibility index (Phi) is 13.0. The van der Waals surface area contributed by atoms with Crippen molar-refractivity contribution in [1.82, 2.24) is 0 Å². The summed E-state index contributed by atoms with van der Waals surface area (Å²) in [4.78, 5) is 0. The molecule has 0 saturated heterocycles. The van der Waals surface area contributed by atoms with Crippen LogP contribution in [0.5, 0.6) is 0 Å². The van der Waals surface area contributed by atoms with E-state index in [2.05, 4.69) is 20.1 Å². The highest BCUT2D eigenvalue weighted by Gasteiger charge is 1.83. The van der Waals surface area contributed by atoms with Crippen molar-refractivity contribution in [2.24, 2.45) is 0 Å². The Hall–Kier alpha value is -0.590. The van der Waals surface area contributed by atoms with E-state index in [9.17, 15) is 0 Å². The number of unbranched alkanes of at least 4 members (excludes halogenated alkanes) is 1. The summed E-state index contributed by atoms with van der Waals surface area (Å²) in [6.07, 6.45) is 3.36. The van der Waals surface area contributed by atoms with Crippen LogP contribution >= 0.6 is 0 Å². The van der Waals surface area contributed by atoms with Gasteiger partial charge in [0.15, 0.2) is 0 Å². The normalized spacial score (nSPS) is 7.33. The number of hydrogen-bond donors (Lipinski definition) is 1. The highest BCUT2D eigenvalue weighted by Crippen LogP contribution is 1.93. The van der Waals surface area contributed by atoms with E-state index in [1.165, 1.54) is 12.8 Å². The van der Waals surface area contributed by atoms with Crippen LogP contribution in [0.3, 0.4) is 0 Å². The lowest BCUT2D eigenvalue weighted by atomic mass is 10.2. The fraction of sp³-hybridized carbons (Fsp3) is 0.625. The Balaban J connectivity index is 0. The van der Waals surface area contributed by atoms with E-state index >= 15 is 0 Å². The first-order valence-electron chi connectivity index (χ1n) is 3.31. The van der Waals surface area contributed by atoms with E-state index in [0.717, 1.165) is 12.1 Å². The van der Waals surface area contributed by atoms with Crippen molar-refractivity contribution in [3.05, 3.63) is 13.2 Å². The Morgan fingerprint density at radius 1 is 1.44 bits per heavy atom. The maximum absolute atomic E-state index is 7.00. The van der Waals surface area contributed by atoms with E-state index in [1.54, 1.807) is 0 Å². The fourth-order valence-electron chi connectivity index (χ4n) is 0.442. The average Bonchev–Trinajstić information content (AvgIpc) is 1.88. The lowest BCUT2D eigenvalue weighted by Gasteiger charge is -1.90. The van der Waals surface area contributed by atoms with Crippen molar-refractivity contribution in [3.8, 4) is 0 Å². The third-order valence-electron chi connectivity index (χ3n) is 0.905. The average molecular weight is 127 g/mol. The molecule has 0 aliphatic rings. The number of hydrogen-bond acceptors (Lipinski definition) is 1. The molecule has 0 aromatic rings. The van der Waals surface area contributed by atoms with Crippen molar-refractivity contribution < 1.29 is 0 Å². The van der Waals surface area contributed by atoms with Crippen LogP contribution in [0.2, 0.25) is 0 Å². The quantitative estimate of drug-likeness (QED) is 0.445. The van der Waals surface area contributed by atoms with Gasteiger partial charge in [-0.05, 0) is 19.8 Å². The van der Waals surface area contributed by atoms with Crippen LogP contribution < -0.4 is 0 Å². The molecule has 0 aliphatic heterocycles. The first kappa shape index (κ1) is 11.2. The molecule has 1 N–H and O–H groups in total. The highest BCUT2D eigenvalue weighted by atomic mass is 14.4. The predicted octanol–water partition coefficient (Wildman–Crippen LogP) is 3.02. The second-order valence-electron chi connectivity index (χ2n) is 1.88. The summed E-state index contributed by atoms with van der Waals surface area (Å²) in [6.45, 7) is 10.00. The van der Waals surface area contributed by atoms with E-state index in [1.807, 2.05) is 6.92 Å². The second kappa shape index (κ2) is 10.4. The van der Waals surface area contributed by atoms with Crippen LogP contribution in [0.4, 0.5) is 0 Å². The molecule has 0 heterocycles. The zero-order valence-corrected chi connectivity index (χ0v) is 6.54. The highest BCUT2D eigenvalue weighted by molar-refractivity contribution is 5.78. The van der Waals surface area contributed by atoms with Crippen LogP contribution in [0.15, 0.2) is 13.2 Å². The molecule has 9 heavy (non-hydrogen) atoms. The smallest absolute Gasteiger partial charge is 0.00582 e. The van der Waals surface area contributed by atoms with Gasteiger partial charge in [0.1, 0.15) is 0 Å². The minimum absolute atomic E-state index is 0.807. The Labute approximate surface area is 58.3 Å². The zero-order chi connectivity index (χ0) is 7.70. The molecule has 0 rings (SSSR count). The van der Waals surface area contributed by atoms with Gasteiger partial charge in [-0.2, -0.15) is 0 Å². The minimum Gasteiger partial charge on any atom is -0.310 e. The van der Waals surface area contributed by atoms with Gasteiger partial charge in [0.05, 0.1) is 0 Å². The Bertz CT molecular complexity index is 67.0. The molecule has 0 fully saturated rings. The molecule has 0 atom stereocenters. The molecule has 0 amide bonds. The Morgan fingerprint density at radius 3 is 2.00 bits per heavy atom. The van der Waals surface area contributed by atoms with Gasteiger partial charge in [-0.3, -0.25) is 0 Å². The maximum Gasteiger partial charge on any atom is 0.00582 e. The molecule has 1 nitrogen and oxygen atoms in total. The van der Waals surface area contributed by atoms with Crippen LogP contribution in [-0.2, 0) is 0 Å². The van der Waals surface area contributed by atoms with E-state index in [0.29, 0.717) is 0 Å². The van der Waals surface area contributed by atoms with Gasteiger partial charge in [-0.25, -0.2) is 0 Å². The SMILES string of the molecule is C=C.CCCCC(C)=N. The Morgan fingerprint density at radius 2 is 1.89 bits per heavy atom. The first-order chi connectivity index (χ1) is 4.27. The van der Waals surface area contributed by atoms with Gasteiger partial charge in [0.2, 0.25) is 0 Å². The summed E-state index contributed by atoms with van der Waals surface area (Å²) in [5.41, 5.74) is 0.807. The summed E-state index contributed by atoms with van der Waals surface area (Å²) >= 11 is 0. The molecule has 0 spiro atoms. The zero-order valence-electron chi connectivity index (χ0n) is 6.54. The van der Waals surface area contributed by atoms with Gasteiger partial charge in [0.25, 0.3) is 0 Å². The van der Waals surface area contributed by atoms with Gasteiger partial charge in [-0.1, -0.05) is 13.3 Å². The fourth-order valence-corrected chi connectivity index (χ4v) is 0.442. The lowest BCUT2D eigenvalue weighted by molar-refractivity contribution is 0.830. The van der Waals surface area contributed by atoms with E-state index in [-0.39, 0.29) is 0 Å². The first-order valence-corrected chi connectivity index (χ1v) is 3.31. The molecule has 54 valence electrons. The van der Waals surface area contributed by atoms with Gasteiger partial charge in [0, 0.05) is 5.71 Å². The molecular formula is C8H17N. The lowest BCUT2D eigenvalue weighted by Crippen LogP contribution is -1.85. The van der Waals surface area contributed by atoms with Crippen molar-refractivity contribution in [1.29, 1.82) is 5.41 Å². The summed E-state index contributed by atoms with van der Waals surface area (Å²) in [6, 6.07) is 0. The summed E-state index contributed by atoms with van der Waals surface area (Å²) in [7, 11) is 0. The topological polar surface area (TPSA) is 23.9 Å². The molecule has 0 aromatic carbocycles. The summed E-state index contributed by atoms with van der Waals surface area (Å²) < 4.78 is 0. The van der Waals surface area contributed by atoms with Crippen LogP contribution in [-0.4, -0.2) is 5.71 Å². The van der Waals surface area contributed by atoms with Crippen LogP contribution in [0, 0.1) is 5.41 Å². The summed E-state index contributed by atoms with van der Waals surface area (Å²) in [5, 5.41) is 7.00. The van der Waals surface area contributed by atoms with Crippen LogP contribution in [0.25, 0.3) is 0 Å². The standard InChI is InChI=1S/C6H13N.C2H4/c1-3-4-5-6(2)7;1-2/h7H,3-5H2,1-2H3;1-2H2. The monoisotopic (exact) mass is 127 g/mol. The van der Waals surface area contributed by atoms with Gasteiger partial charge < -0.3 is 5.41 Å². The van der Waals surface area contributed by atoms with Crippen molar-refractivity contribution in [2.45, 2.75) is 33.1 Å². The molecule has 0 saturated carbocycles. The molecule has 0 bridgehead atoms. The minimum atomic E-state index is 0.807. The van der Waals surface area contributed by atoms with Gasteiger partial charge in [-0.15, -0.1) is 13.2 Å². The molecular weight excluding hydrogens is 110 g/mol. The predicted molar refractivity (Wildman–Crippen MR) is 44.2 cm³/mol. The van der Waals surface area contributed by atoms with Crippen molar-refractivity contribution in [2.75, 3.05) is 0 Å². The van der Waals surface area contributed by atoms with Crippen molar-refractivity contribution >= 4 is 5.71 Å². The number of nitrogens with one attached hydrogen (secondary N) is 1. The third-order valence-corrected chi connectivity index (χ3v) is 0.905. The molecule has 0 radical (unpaired) electrons. The molecule has 1 heteroatoms. The second-order valence-corrected chi connectivity index (χ2v) is 1.88. The molecule has 0 aliphatic carbocycles. The van der Waals surface area contributed by atoms with Crippen molar-refractivity contribution in [3.63, 3.8) is 0 Å². The number of rotatable bonds is 3. The molecule has 0 aromatic heterocycles. The van der Waals surface area contributed by atoms with E-state index in [4.69, 9.17) is 5.41 Å². The summed E-state index contributed by atoms with van der Waals surface area (Å²) in [5.74, 6) is 0. The largest absolute Gasteiger partial charge is 0.310 e. The van der Waals surface area contributed by atoms with Crippen LogP contribution in [0.1, 0.15) is 33.1 Å². The van der Waals surface area contributed by atoms with Gasteiger partial charge >= 0.3 is 0 Å². The van der Waals surface area contributed by atoms with E-state index < -0.39 is 0 Å². The maximum atomic E-state index is 7.00. The third kappa shape index (κ3) is 18.7. The molecule has 0 unspecified atom stereocenters.